The first-order valence-electron chi connectivity index (χ1n) is 7.64. The summed E-state index contributed by atoms with van der Waals surface area (Å²) in [7, 11) is -1.14. The summed E-state index contributed by atoms with van der Waals surface area (Å²) >= 11 is 6.17. The Labute approximate surface area is 154 Å². The van der Waals surface area contributed by atoms with E-state index in [9.17, 15) is 9.00 Å². The van der Waals surface area contributed by atoms with Gasteiger partial charge in [-0.1, -0.05) is 54.1 Å². The predicted molar refractivity (Wildman–Crippen MR) is 104 cm³/mol. The van der Waals surface area contributed by atoms with E-state index in [4.69, 9.17) is 11.6 Å². The second-order valence-electron chi connectivity index (χ2n) is 5.50. The fraction of sp³-hybridized carbons (Fsp3) is 0.0500. The van der Waals surface area contributed by atoms with Gasteiger partial charge in [0.15, 0.2) is 0 Å². The molecule has 1 atom stereocenters. The molecule has 126 valence electrons. The van der Waals surface area contributed by atoms with Gasteiger partial charge in [0.1, 0.15) is 0 Å². The van der Waals surface area contributed by atoms with Crippen molar-refractivity contribution in [1.29, 1.82) is 0 Å². The van der Waals surface area contributed by atoms with Crippen molar-refractivity contribution in [3.8, 4) is 11.1 Å². The van der Waals surface area contributed by atoms with Crippen LogP contribution in [-0.4, -0.2) is 16.4 Å². The third-order valence-corrected chi connectivity index (χ3v) is 4.98. The van der Waals surface area contributed by atoms with E-state index in [2.05, 4.69) is 5.32 Å². The maximum absolute atomic E-state index is 12.5. The summed E-state index contributed by atoms with van der Waals surface area (Å²) in [6.07, 6.45) is 1.57. The van der Waals surface area contributed by atoms with Crippen molar-refractivity contribution in [1.82, 2.24) is 0 Å². The Morgan fingerprint density at radius 2 is 1.64 bits per heavy atom. The van der Waals surface area contributed by atoms with Gasteiger partial charge in [-0.05, 0) is 41.5 Å². The third-order valence-electron chi connectivity index (χ3n) is 3.74. The predicted octanol–water partition coefficient (Wildman–Crippen LogP) is 5.00. The Kier molecular flexibility index (Phi) is 5.31. The van der Waals surface area contributed by atoms with Crippen LogP contribution in [0.5, 0.6) is 0 Å². The summed E-state index contributed by atoms with van der Waals surface area (Å²) in [4.78, 5) is 13.1. The molecule has 0 aromatic heterocycles. The minimum Gasteiger partial charge on any atom is -0.322 e. The molecule has 0 heterocycles. The maximum Gasteiger partial charge on any atom is 0.257 e. The van der Waals surface area contributed by atoms with Crippen molar-refractivity contribution in [3.05, 3.63) is 83.4 Å². The van der Waals surface area contributed by atoms with E-state index >= 15 is 0 Å². The number of hydrogen-bond donors (Lipinski definition) is 1. The molecule has 3 rings (SSSR count). The molecule has 1 unspecified atom stereocenters. The first kappa shape index (κ1) is 17.4. The number of rotatable bonds is 4. The average Bonchev–Trinajstić information content (AvgIpc) is 2.62. The summed E-state index contributed by atoms with van der Waals surface area (Å²) in [5.74, 6) is -0.302. The first-order chi connectivity index (χ1) is 12.0. The van der Waals surface area contributed by atoms with Crippen molar-refractivity contribution in [2.45, 2.75) is 4.90 Å². The molecule has 0 spiro atoms. The van der Waals surface area contributed by atoms with Crippen LogP contribution in [0.25, 0.3) is 11.1 Å². The monoisotopic (exact) mass is 369 g/mol. The average molecular weight is 370 g/mol. The second kappa shape index (κ2) is 7.64. The van der Waals surface area contributed by atoms with E-state index in [0.717, 1.165) is 11.1 Å². The molecule has 1 N–H and O–H groups in total. The Hall–Kier alpha value is -2.43. The fourth-order valence-electron chi connectivity index (χ4n) is 2.46. The topological polar surface area (TPSA) is 46.2 Å². The van der Waals surface area contributed by atoms with Gasteiger partial charge >= 0.3 is 0 Å². The van der Waals surface area contributed by atoms with Crippen LogP contribution in [0.1, 0.15) is 10.4 Å². The normalized spacial score (nSPS) is 11.8. The standard InChI is InChI=1S/C20H16ClNO2S/c1-25(24)17-10-11-18(19(21)13-17)20(23)22-16-9-5-8-15(12-16)14-6-3-2-4-7-14/h2-13H,1H3,(H,22,23). The first-order valence-corrected chi connectivity index (χ1v) is 9.58. The lowest BCUT2D eigenvalue weighted by Crippen LogP contribution is -2.12. The van der Waals surface area contributed by atoms with Crippen LogP contribution in [-0.2, 0) is 10.8 Å². The van der Waals surface area contributed by atoms with Gasteiger partial charge in [-0.2, -0.15) is 0 Å². The molecule has 25 heavy (non-hydrogen) atoms. The zero-order valence-corrected chi connectivity index (χ0v) is 15.1. The molecule has 5 heteroatoms. The lowest BCUT2D eigenvalue weighted by atomic mass is 10.1. The number of anilines is 1. The summed E-state index contributed by atoms with van der Waals surface area (Å²) in [6.45, 7) is 0. The van der Waals surface area contributed by atoms with E-state index in [-0.39, 0.29) is 10.9 Å². The van der Waals surface area contributed by atoms with Gasteiger partial charge in [0, 0.05) is 27.6 Å². The van der Waals surface area contributed by atoms with Crippen molar-refractivity contribution in [2.75, 3.05) is 11.6 Å². The van der Waals surface area contributed by atoms with Gasteiger partial charge in [0.25, 0.3) is 5.91 Å². The van der Waals surface area contributed by atoms with Crippen LogP contribution < -0.4 is 5.32 Å². The van der Waals surface area contributed by atoms with Crippen molar-refractivity contribution < 1.29 is 9.00 Å². The lowest BCUT2D eigenvalue weighted by molar-refractivity contribution is 0.102. The molecule has 0 saturated carbocycles. The van der Waals surface area contributed by atoms with Crippen molar-refractivity contribution in [2.24, 2.45) is 0 Å². The highest BCUT2D eigenvalue weighted by Gasteiger charge is 2.12. The largest absolute Gasteiger partial charge is 0.322 e. The Balaban J connectivity index is 1.83. The fourth-order valence-corrected chi connectivity index (χ4v) is 3.34. The Morgan fingerprint density at radius 3 is 2.32 bits per heavy atom. The maximum atomic E-state index is 12.5. The number of halogens is 1. The minimum absolute atomic E-state index is 0.282. The van der Waals surface area contributed by atoms with Gasteiger partial charge in [0.05, 0.1) is 10.6 Å². The molecule has 0 aliphatic rings. The molecular formula is C20H16ClNO2S. The molecule has 0 bridgehead atoms. The molecule has 0 aliphatic carbocycles. The van der Waals surface area contributed by atoms with E-state index in [1.807, 2.05) is 54.6 Å². The van der Waals surface area contributed by atoms with Crippen LogP contribution >= 0.6 is 11.6 Å². The smallest absolute Gasteiger partial charge is 0.257 e. The zero-order valence-electron chi connectivity index (χ0n) is 13.5. The summed E-state index contributed by atoms with van der Waals surface area (Å²) in [5.41, 5.74) is 3.12. The summed E-state index contributed by atoms with van der Waals surface area (Å²) < 4.78 is 11.5. The van der Waals surface area contributed by atoms with Gasteiger partial charge in [-0.15, -0.1) is 0 Å². The molecule has 3 aromatic carbocycles. The van der Waals surface area contributed by atoms with Crippen LogP contribution in [0.4, 0.5) is 5.69 Å². The SMILES string of the molecule is CS(=O)c1ccc(C(=O)Nc2cccc(-c3ccccc3)c2)c(Cl)c1. The van der Waals surface area contributed by atoms with E-state index in [1.54, 1.807) is 24.5 Å². The number of amides is 1. The molecule has 0 saturated heterocycles. The van der Waals surface area contributed by atoms with E-state index < -0.39 is 10.8 Å². The minimum atomic E-state index is -1.14. The molecule has 0 aliphatic heterocycles. The lowest BCUT2D eigenvalue weighted by Gasteiger charge is -2.09. The van der Waals surface area contributed by atoms with Crippen LogP contribution in [0.15, 0.2) is 77.7 Å². The molecule has 0 fully saturated rings. The Bertz CT molecular complexity index is 941. The molecule has 1 amide bonds. The summed E-state index contributed by atoms with van der Waals surface area (Å²) in [6, 6.07) is 22.4. The van der Waals surface area contributed by atoms with E-state index in [1.165, 1.54) is 0 Å². The van der Waals surface area contributed by atoms with Crippen LogP contribution in [0.2, 0.25) is 5.02 Å². The van der Waals surface area contributed by atoms with Gasteiger partial charge in [-0.3, -0.25) is 9.00 Å². The molecule has 3 aromatic rings. The van der Waals surface area contributed by atoms with Gasteiger partial charge < -0.3 is 5.32 Å². The summed E-state index contributed by atoms with van der Waals surface area (Å²) in [5, 5.41) is 3.14. The third kappa shape index (κ3) is 4.16. The van der Waals surface area contributed by atoms with Gasteiger partial charge in [-0.25, -0.2) is 0 Å². The van der Waals surface area contributed by atoms with Crippen LogP contribution in [0.3, 0.4) is 0 Å². The highest BCUT2D eigenvalue weighted by atomic mass is 35.5. The second-order valence-corrected chi connectivity index (χ2v) is 7.28. The quantitative estimate of drug-likeness (QED) is 0.703. The number of hydrogen-bond acceptors (Lipinski definition) is 2. The molecule has 0 radical (unpaired) electrons. The molecular weight excluding hydrogens is 354 g/mol. The number of carbonyl (C=O) groups excluding carboxylic acids is 1. The Morgan fingerprint density at radius 1 is 0.920 bits per heavy atom. The van der Waals surface area contributed by atoms with Crippen LogP contribution in [0, 0.1) is 0 Å². The number of carbonyl (C=O) groups is 1. The van der Waals surface area contributed by atoms with Gasteiger partial charge in [0.2, 0.25) is 0 Å². The highest BCUT2D eigenvalue weighted by Crippen LogP contribution is 2.24. The molecule has 3 nitrogen and oxygen atoms in total. The van der Waals surface area contributed by atoms with Crippen molar-refractivity contribution >= 4 is 34.0 Å². The van der Waals surface area contributed by atoms with E-state index in [0.29, 0.717) is 16.1 Å². The zero-order chi connectivity index (χ0) is 17.8. The number of nitrogens with one attached hydrogen (secondary N) is 1. The highest BCUT2D eigenvalue weighted by molar-refractivity contribution is 7.84. The van der Waals surface area contributed by atoms with Crippen molar-refractivity contribution in [3.63, 3.8) is 0 Å². The number of benzene rings is 3.